The molecule has 0 unspecified atom stereocenters. The van der Waals surface area contributed by atoms with Crippen LogP contribution in [0.3, 0.4) is 0 Å². The maximum absolute atomic E-state index is 13.3. The van der Waals surface area contributed by atoms with Crippen molar-refractivity contribution in [3.8, 4) is 6.07 Å². The van der Waals surface area contributed by atoms with E-state index in [9.17, 15) is 13.6 Å². The number of hydrogen-bond donors (Lipinski definition) is 1. The zero-order chi connectivity index (χ0) is 15.9. The molecule has 1 amide bonds. The van der Waals surface area contributed by atoms with E-state index >= 15 is 0 Å². The Labute approximate surface area is 125 Å². The third-order valence-corrected chi connectivity index (χ3v) is 3.58. The van der Waals surface area contributed by atoms with Crippen molar-refractivity contribution in [2.24, 2.45) is 5.73 Å². The van der Waals surface area contributed by atoms with Gasteiger partial charge in [-0.25, -0.2) is 8.78 Å². The van der Waals surface area contributed by atoms with Crippen molar-refractivity contribution in [1.82, 2.24) is 0 Å². The molecule has 1 aliphatic heterocycles. The lowest BCUT2D eigenvalue weighted by molar-refractivity contribution is 0.0987. The fraction of sp³-hybridized carbons (Fsp3) is 0.125. The number of carbonyl (C=O) groups is 1. The first-order valence-electron chi connectivity index (χ1n) is 6.57. The van der Waals surface area contributed by atoms with E-state index < -0.39 is 23.6 Å². The van der Waals surface area contributed by atoms with Gasteiger partial charge in [0.25, 0.3) is 5.91 Å². The summed E-state index contributed by atoms with van der Waals surface area (Å²) >= 11 is 0. The molecule has 3 rings (SSSR count). The van der Waals surface area contributed by atoms with E-state index in [4.69, 9.17) is 11.0 Å². The molecule has 0 spiro atoms. The molecule has 0 fully saturated rings. The molecule has 0 aliphatic carbocycles. The Bertz CT molecular complexity index is 793. The Hall–Kier alpha value is -2.78. The van der Waals surface area contributed by atoms with Crippen LogP contribution in [0.15, 0.2) is 36.4 Å². The number of rotatable bonds is 1. The maximum Gasteiger partial charge on any atom is 0.258 e. The number of halogens is 2. The van der Waals surface area contributed by atoms with Crippen LogP contribution in [0.4, 0.5) is 14.5 Å². The van der Waals surface area contributed by atoms with Crippen LogP contribution < -0.4 is 10.6 Å². The van der Waals surface area contributed by atoms with Gasteiger partial charge in [-0.05, 0) is 29.8 Å². The van der Waals surface area contributed by atoms with E-state index in [1.807, 2.05) is 6.07 Å². The van der Waals surface area contributed by atoms with Crippen molar-refractivity contribution in [2.45, 2.75) is 6.04 Å². The van der Waals surface area contributed by atoms with Crippen LogP contribution in [0.5, 0.6) is 0 Å². The largest absolute Gasteiger partial charge is 0.322 e. The zero-order valence-corrected chi connectivity index (χ0v) is 11.4. The number of anilines is 1. The van der Waals surface area contributed by atoms with Crippen LogP contribution in [0.2, 0.25) is 0 Å². The van der Waals surface area contributed by atoms with Crippen LogP contribution >= 0.6 is 0 Å². The van der Waals surface area contributed by atoms with Gasteiger partial charge >= 0.3 is 0 Å². The average Bonchev–Trinajstić information content (AvgIpc) is 2.82. The minimum absolute atomic E-state index is 0.0973. The summed E-state index contributed by atoms with van der Waals surface area (Å²) in [7, 11) is 0. The molecule has 2 aromatic carbocycles. The molecule has 4 nitrogen and oxygen atoms in total. The predicted molar refractivity (Wildman–Crippen MR) is 76.1 cm³/mol. The van der Waals surface area contributed by atoms with Gasteiger partial charge in [0, 0.05) is 24.2 Å². The standard InChI is InChI=1S/C16H11F2N3O/c17-11-4-10(5-12(18)6-11)16(22)21-8-14(20)13-2-1-9(7-19)3-15(13)21/h1-6,14H,8,20H2/t14-/m1/s1. The minimum atomic E-state index is -0.821. The lowest BCUT2D eigenvalue weighted by Crippen LogP contribution is -2.31. The molecule has 6 heteroatoms. The lowest BCUT2D eigenvalue weighted by Gasteiger charge is -2.17. The van der Waals surface area contributed by atoms with E-state index in [2.05, 4.69) is 0 Å². The second kappa shape index (κ2) is 5.20. The SMILES string of the molecule is N#Cc1ccc2c(c1)N(C(=O)c1cc(F)cc(F)c1)C[C@H]2N. The van der Waals surface area contributed by atoms with Crippen LogP contribution in [-0.2, 0) is 0 Å². The molecule has 1 heterocycles. The van der Waals surface area contributed by atoms with Gasteiger partial charge < -0.3 is 10.6 Å². The summed E-state index contributed by atoms with van der Waals surface area (Å²) in [6.45, 7) is 0.196. The highest BCUT2D eigenvalue weighted by Crippen LogP contribution is 2.35. The third kappa shape index (κ3) is 2.32. The van der Waals surface area contributed by atoms with E-state index in [-0.39, 0.29) is 12.1 Å². The summed E-state index contributed by atoms with van der Waals surface area (Å²) in [5.41, 5.74) is 7.49. The van der Waals surface area contributed by atoms with Crippen LogP contribution in [-0.4, -0.2) is 12.5 Å². The molecule has 0 aromatic heterocycles. The fourth-order valence-electron chi connectivity index (χ4n) is 2.58. The second-order valence-electron chi connectivity index (χ2n) is 5.07. The molecule has 1 aliphatic rings. The Morgan fingerprint density at radius 1 is 1.23 bits per heavy atom. The average molecular weight is 299 g/mol. The smallest absolute Gasteiger partial charge is 0.258 e. The summed E-state index contributed by atoms with van der Waals surface area (Å²) < 4.78 is 26.6. The number of carbonyl (C=O) groups excluding carboxylic acids is 1. The maximum atomic E-state index is 13.3. The van der Waals surface area contributed by atoms with E-state index in [0.29, 0.717) is 17.3 Å². The van der Waals surface area contributed by atoms with Crippen LogP contribution in [0.1, 0.15) is 27.5 Å². The Kier molecular flexibility index (Phi) is 3.35. The van der Waals surface area contributed by atoms with E-state index in [1.54, 1.807) is 18.2 Å². The molecular weight excluding hydrogens is 288 g/mol. The molecule has 22 heavy (non-hydrogen) atoms. The van der Waals surface area contributed by atoms with Gasteiger partial charge in [0.1, 0.15) is 11.6 Å². The first kappa shape index (κ1) is 14.2. The van der Waals surface area contributed by atoms with Crippen molar-refractivity contribution >= 4 is 11.6 Å². The van der Waals surface area contributed by atoms with Gasteiger partial charge in [-0.1, -0.05) is 6.07 Å². The highest BCUT2D eigenvalue weighted by molar-refractivity contribution is 6.07. The summed E-state index contributed by atoms with van der Waals surface area (Å²) in [6, 6.07) is 9.11. The van der Waals surface area contributed by atoms with Crippen LogP contribution in [0.25, 0.3) is 0 Å². The number of nitriles is 1. The topological polar surface area (TPSA) is 70.1 Å². The Morgan fingerprint density at radius 3 is 2.55 bits per heavy atom. The minimum Gasteiger partial charge on any atom is -0.322 e. The zero-order valence-electron chi connectivity index (χ0n) is 11.4. The quantitative estimate of drug-likeness (QED) is 0.879. The number of nitrogens with two attached hydrogens (primary N) is 1. The normalized spacial score (nSPS) is 16.3. The van der Waals surface area contributed by atoms with Crippen molar-refractivity contribution < 1.29 is 13.6 Å². The van der Waals surface area contributed by atoms with E-state index in [0.717, 1.165) is 17.7 Å². The molecule has 0 bridgehead atoms. The van der Waals surface area contributed by atoms with Crippen molar-refractivity contribution in [2.75, 3.05) is 11.4 Å². The molecule has 0 saturated heterocycles. The molecule has 110 valence electrons. The highest BCUT2D eigenvalue weighted by atomic mass is 19.1. The number of benzene rings is 2. The molecule has 1 atom stereocenters. The fourth-order valence-corrected chi connectivity index (χ4v) is 2.58. The summed E-state index contributed by atoms with van der Waals surface area (Å²) in [4.78, 5) is 13.9. The number of amides is 1. The summed E-state index contributed by atoms with van der Waals surface area (Å²) in [5.74, 6) is -2.20. The second-order valence-corrected chi connectivity index (χ2v) is 5.07. The van der Waals surface area contributed by atoms with Crippen molar-refractivity contribution in [3.63, 3.8) is 0 Å². The van der Waals surface area contributed by atoms with Gasteiger partial charge in [0.2, 0.25) is 0 Å². The number of fused-ring (bicyclic) bond motifs is 1. The monoisotopic (exact) mass is 299 g/mol. The van der Waals surface area contributed by atoms with Crippen molar-refractivity contribution in [1.29, 1.82) is 5.26 Å². The molecule has 0 saturated carbocycles. The van der Waals surface area contributed by atoms with E-state index in [1.165, 1.54) is 4.90 Å². The first-order valence-corrected chi connectivity index (χ1v) is 6.57. The van der Waals surface area contributed by atoms with Gasteiger partial charge in [-0.15, -0.1) is 0 Å². The van der Waals surface area contributed by atoms with Crippen LogP contribution in [0, 0.1) is 23.0 Å². The van der Waals surface area contributed by atoms with Gasteiger partial charge in [-0.3, -0.25) is 4.79 Å². The van der Waals surface area contributed by atoms with Gasteiger partial charge in [0.15, 0.2) is 0 Å². The van der Waals surface area contributed by atoms with Gasteiger partial charge in [0.05, 0.1) is 17.3 Å². The summed E-state index contributed by atoms with van der Waals surface area (Å²) in [5, 5.41) is 8.97. The Balaban J connectivity index is 2.04. The van der Waals surface area contributed by atoms with Crippen molar-refractivity contribution in [3.05, 3.63) is 64.7 Å². The lowest BCUT2D eigenvalue weighted by atomic mass is 10.1. The predicted octanol–water partition coefficient (Wildman–Crippen LogP) is 2.50. The number of nitrogens with zero attached hydrogens (tertiary/aromatic N) is 2. The Morgan fingerprint density at radius 2 is 1.91 bits per heavy atom. The third-order valence-electron chi connectivity index (χ3n) is 3.58. The first-order chi connectivity index (χ1) is 10.5. The molecule has 0 radical (unpaired) electrons. The molecule has 2 aromatic rings. The molecular formula is C16H11F2N3O. The molecule has 2 N–H and O–H groups in total. The highest BCUT2D eigenvalue weighted by Gasteiger charge is 2.31. The number of hydrogen-bond acceptors (Lipinski definition) is 3. The summed E-state index contributed by atoms with van der Waals surface area (Å²) in [6.07, 6.45) is 0. The van der Waals surface area contributed by atoms with Gasteiger partial charge in [-0.2, -0.15) is 5.26 Å².